The van der Waals surface area contributed by atoms with Crippen LogP contribution in [0, 0.1) is 0 Å². The van der Waals surface area contributed by atoms with E-state index in [0.29, 0.717) is 5.56 Å². The first kappa shape index (κ1) is 14.1. The molecule has 1 aromatic rings. The van der Waals surface area contributed by atoms with Crippen LogP contribution < -0.4 is 5.32 Å². The second-order valence-corrected chi connectivity index (χ2v) is 5.15. The molecule has 1 atom stereocenters. The van der Waals surface area contributed by atoms with Crippen LogP contribution in [-0.2, 0) is 0 Å². The number of pyridine rings is 1. The van der Waals surface area contributed by atoms with E-state index in [2.05, 4.69) is 31.1 Å². The van der Waals surface area contributed by atoms with Gasteiger partial charge in [0, 0.05) is 12.2 Å². The summed E-state index contributed by atoms with van der Waals surface area (Å²) in [4.78, 5) is 18.0. The average molecular weight is 300 g/mol. The Kier molecular flexibility index (Phi) is 5.58. The lowest BCUT2D eigenvalue weighted by atomic mass is 10.2. The van der Waals surface area contributed by atoms with Crippen LogP contribution in [0.4, 0.5) is 0 Å². The zero-order valence-corrected chi connectivity index (χ0v) is 12.0. The normalized spacial score (nSPS) is 12.5. The lowest BCUT2D eigenvalue weighted by molar-refractivity contribution is 0.0936. The van der Waals surface area contributed by atoms with Crippen molar-refractivity contribution in [1.29, 1.82) is 0 Å². The summed E-state index contributed by atoms with van der Waals surface area (Å²) < 4.78 is 0.731. The molecule has 1 unspecified atom stereocenters. The molecule has 17 heavy (non-hydrogen) atoms. The van der Waals surface area contributed by atoms with Crippen molar-refractivity contribution in [1.82, 2.24) is 15.2 Å². The highest BCUT2D eigenvalue weighted by atomic mass is 79.9. The number of carbonyl (C=O) groups is 1. The first-order valence-corrected chi connectivity index (χ1v) is 6.35. The number of nitrogens with one attached hydrogen (secondary N) is 1. The van der Waals surface area contributed by atoms with Gasteiger partial charge in [0.15, 0.2) is 0 Å². The van der Waals surface area contributed by atoms with E-state index in [0.717, 1.165) is 17.6 Å². The number of halogens is 1. The maximum atomic E-state index is 11.8. The van der Waals surface area contributed by atoms with Crippen molar-refractivity contribution in [3.05, 3.63) is 28.5 Å². The van der Waals surface area contributed by atoms with Crippen LogP contribution in [0.2, 0.25) is 0 Å². The van der Waals surface area contributed by atoms with E-state index in [-0.39, 0.29) is 11.9 Å². The number of nitrogens with zero attached hydrogens (tertiary/aromatic N) is 2. The predicted octanol–water partition coefficient (Wildman–Crippen LogP) is 1.91. The van der Waals surface area contributed by atoms with E-state index in [9.17, 15) is 4.79 Å². The third-order valence-electron chi connectivity index (χ3n) is 2.38. The monoisotopic (exact) mass is 299 g/mol. The number of carbonyl (C=O) groups excluding carboxylic acids is 1. The predicted molar refractivity (Wildman–Crippen MR) is 72.0 cm³/mol. The van der Waals surface area contributed by atoms with E-state index in [4.69, 9.17) is 0 Å². The summed E-state index contributed by atoms with van der Waals surface area (Å²) in [5, 5.41) is 2.95. The molecular weight excluding hydrogens is 282 g/mol. The highest BCUT2D eigenvalue weighted by Gasteiger charge is 2.10. The lowest BCUT2D eigenvalue weighted by Gasteiger charge is -2.16. The second-order valence-electron chi connectivity index (χ2n) is 4.34. The molecule has 0 aromatic carbocycles. The molecule has 4 nitrogen and oxygen atoms in total. The van der Waals surface area contributed by atoms with Crippen LogP contribution in [0.15, 0.2) is 22.9 Å². The standard InChI is InChI=1S/C12H18BrN3O/c1-9(6-7-16(2)3)15-12(17)10-4-5-11(13)14-8-10/h4-5,8-9H,6-7H2,1-3H3,(H,15,17). The fourth-order valence-corrected chi connectivity index (χ4v) is 1.58. The lowest BCUT2D eigenvalue weighted by Crippen LogP contribution is -2.34. The van der Waals surface area contributed by atoms with Gasteiger partial charge in [0.05, 0.1) is 5.56 Å². The van der Waals surface area contributed by atoms with E-state index < -0.39 is 0 Å². The number of rotatable bonds is 5. The highest BCUT2D eigenvalue weighted by molar-refractivity contribution is 9.10. The van der Waals surface area contributed by atoms with Gasteiger partial charge in [0.2, 0.25) is 0 Å². The first-order chi connectivity index (χ1) is 7.99. The minimum atomic E-state index is -0.0729. The molecule has 0 aliphatic heterocycles. The molecule has 1 N–H and O–H groups in total. The van der Waals surface area contributed by atoms with E-state index in [1.165, 1.54) is 0 Å². The van der Waals surface area contributed by atoms with Gasteiger partial charge in [0.25, 0.3) is 5.91 Å². The van der Waals surface area contributed by atoms with Gasteiger partial charge >= 0.3 is 0 Å². The average Bonchev–Trinajstić information content (AvgIpc) is 2.27. The molecule has 0 aliphatic carbocycles. The summed E-state index contributed by atoms with van der Waals surface area (Å²) in [6, 6.07) is 3.68. The van der Waals surface area contributed by atoms with Crippen molar-refractivity contribution >= 4 is 21.8 Å². The van der Waals surface area contributed by atoms with Gasteiger partial charge in [-0.05, 0) is 62.0 Å². The maximum absolute atomic E-state index is 11.8. The van der Waals surface area contributed by atoms with Gasteiger partial charge in [0.1, 0.15) is 4.60 Å². The summed E-state index contributed by atoms with van der Waals surface area (Å²) in [5.74, 6) is -0.0729. The fraction of sp³-hybridized carbons (Fsp3) is 0.500. The Morgan fingerprint density at radius 1 is 1.53 bits per heavy atom. The summed E-state index contributed by atoms with van der Waals surface area (Å²) in [6.45, 7) is 2.97. The number of hydrogen-bond donors (Lipinski definition) is 1. The molecule has 0 bridgehead atoms. The first-order valence-electron chi connectivity index (χ1n) is 5.56. The Morgan fingerprint density at radius 3 is 2.76 bits per heavy atom. The van der Waals surface area contributed by atoms with Crippen LogP contribution in [0.5, 0.6) is 0 Å². The Balaban J connectivity index is 2.46. The van der Waals surface area contributed by atoms with Gasteiger partial charge < -0.3 is 10.2 Å². The summed E-state index contributed by atoms with van der Waals surface area (Å²) in [7, 11) is 4.04. The molecule has 1 amide bonds. The second kappa shape index (κ2) is 6.71. The highest BCUT2D eigenvalue weighted by Crippen LogP contribution is 2.06. The molecule has 0 aliphatic rings. The molecule has 1 heterocycles. The smallest absolute Gasteiger partial charge is 0.253 e. The van der Waals surface area contributed by atoms with Gasteiger partial charge in [-0.15, -0.1) is 0 Å². The maximum Gasteiger partial charge on any atom is 0.253 e. The van der Waals surface area contributed by atoms with Crippen LogP contribution in [-0.4, -0.2) is 42.5 Å². The molecule has 5 heteroatoms. The molecule has 1 aromatic heterocycles. The van der Waals surface area contributed by atoms with Gasteiger partial charge in [-0.2, -0.15) is 0 Å². The van der Waals surface area contributed by atoms with Crippen LogP contribution in [0.25, 0.3) is 0 Å². The molecule has 0 radical (unpaired) electrons. The fourth-order valence-electron chi connectivity index (χ4n) is 1.34. The molecule has 0 fully saturated rings. The van der Waals surface area contributed by atoms with E-state index in [1.807, 2.05) is 21.0 Å². The van der Waals surface area contributed by atoms with Gasteiger partial charge in [-0.25, -0.2) is 4.98 Å². The van der Waals surface area contributed by atoms with Crippen molar-refractivity contribution in [3.8, 4) is 0 Å². The Hall–Kier alpha value is -0.940. The third kappa shape index (κ3) is 5.28. The van der Waals surface area contributed by atoms with Crippen molar-refractivity contribution in [2.45, 2.75) is 19.4 Å². The number of amides is 1. The Bertz CT molecular complexity index is 365. The van der Waals surface area contributed by atoms with Crippen LogP contribution in [0.1, 0.15) is 23.7 Å². The molecule has 0 spiro atoms. The van der Waals surface area contributed by atoms with Crippen molar-refractivity contribution in [2.75, 3.05) is 20.6 Å². The van der Waals surface area contributed by atoms with Crippen LogP contribution in [0.3, 0.4) is 0 Å². The van der Waals surface area contributed by atoms with Crippen LogP contribution >= 0.6 is 15.9 Å². The summed E-state index contributed by atoms with van der Waals surface area (Å²) in [6.07, 6.45) is 2.50. The third-order valence-corrected chi connectivity index (χ3v) is 2.85. The summed E-state index contributed by atoms with van der Waals surface area (Å²) in [5.41, 5.74) is 0.588. The van der Waals surface area contributed by atoms with Gasteiger partial charge in [-0.1, -0.05) is 0 Å². The SMILES string of the molecule is CC(CCN(C)C)NC(=O)c1ccc(Br)nc1. The quantitative estimate of drug-likeness (QED) is 0.845. The summed E-state index contributed by atoms with van der Waals surface area (Å²) >= 11 is 3.24. The Morgan fingerprint density at radius 2 is 2.24 bits per heavy atom. The van der Waals surface area contributed by atoms with Crippen molar-refractivity contribution in [2.24, 2.45) is 0 Å². The van der Waals surface area contributed by atoms with Crippen molar-refractivity contribution < 1.29 is 4.79 Å². The minimum absolute atomic E-state index is 0.0729. The molecule has 1 rings (SSSR count). The topological polar surface area (TPSA) is 45.2 Å². The minimum Gasteiger partial charge on any atom is -0.349 e. The Labute approximate surface area is 111 Å². The molecule has 94 valence electrons. The van der Waals surface area contributed by atoms with Crippen molar-refractivity contribution in [3.63, 3.8) is 0 Å². The van der Waals surface area contributed by atoms with Gasteiger partial charge in [-0.3, -0.25) is 4.79 Å². The number of hydrogen-bond acceptors (Lipinski definition) is 3. The zero-order valence-electron chi connectivity index (χ0n) is 10.4. The zero-order chi connectivity index (χ0) is 12.8. The molecular formula is C12H18BrN3O. The largest absolute Gasteiger partial charge is 0.349 e. The molecule has 0 saturated heterocycles. The van der Waals surface area contributed by atoms with E-state index in [1.54, 1.807) is 18.3 Å². The molecule has 0 saturated carbocycles. The van der Waals surface area contributed by atoms with E-state index >= 15 is 0 Å². The number of aromatic nitrogens is 1.